The minimum Gasteiger partial charge on any atom is -0.398 e. The van der Waals surface area contributed by atoms with Gasteiger partial charge in [0.15, 0.2) is 11.5 Å². The molecule has 0 aliphatic carbocycles. The second-order valence-electron chi connectivity index (χ2n) is 3.83. The molecular formula is C12H8BrIN4. The standard InChI is InChI=1S/C12H8BrIN4/c13-7-1-4-11-16-17-12(18(11)6-7)9-5-8(14)2-3-10(9)15/h1-6H,15H2. The van der Waals surface area contributed by atoms with E-state index in [4.69, 9.17) is 5.73 Å². The van der Waals surface area contributed by atoms with E-state index in [9.17, 15) is 0 Å². The maximum Gasteiger partial charge on any atom is 0.170 e. The quantitative estimate of drug-likeness (QED) is 0.490. The minimum atomic E-state index is 0.699. The molecule has 0 amide bonds. The van der Waals surface area contributed by atoms with E-state index in [0.29, 0.717) is 5.69 Å². The van der Waals surface area contributed by atoms with Gasteiger partial charge in [0.25, 0.3) is 0 Å². The average molecular weight is 415 g/mol. The van der Waals surface area contributed by atoms with Crippen LogP contribution in [0.3, 0.4) is 0 Å². The molecule has 2 aromatic heterocycles. The fraction of sp³-hybridized carbons (Fsp3) is 0. The van der Waals surface area contributed by atoms with Gasteiger partial charge in [-0.3, -0.25) is 4.40 Å². The zero-order valence-corrected chi connectivity index (χ0v) is 12.9. The van der Waals surface area contributed by atoms with E-state index in [-0.39, 0.29) is 0 Å². The number of nitrogen functional groups attached to an aromatic ring is 1. The molecule has 0 aliphatic heterocycles. The fourth-order valence-corrected chi connectivity index (χ4v) is 2.60. The average Bonchev–Trinajstić information content (AvgIpc) is 2.75. The highest BCUT2D eigenvalue weighted by Crippen LogP contribution is 2.27. The van der Waals surface area contributed by atoms with E-state index in [1.807, 2.05) is 40.9 Å². The molecule has 0 unspecified atom stereocenters. The van der Waals surface area contributed by atoms with E-state index >= 15 is 0 Å². The third kappa shape index (κ3) is 1.99. The summed E-state index contributed by atoms with van der Waals surface area (Å²) in [6.07, 6.45) is 1.93. The van der Waals surface area contributed by atoms with Gasteiger partial charge in [-0.1, -0.05) is 0 Å². The lowest BCUT2D eigenvalue weighted by atomic mass is 10.2. The number of benzene rings is 1. The third-order valence-electron chi connectivity index (χ3n) is 2.62. The molecular weight excluding hydrogens is 407 g/mol. The Morgan fingerprint density at radius 3 is 2.83 bits per heavy atom. The molecule has 3 rings (SSSR count). The molecule has 0 bridgehead atoms. The van der Waals surface area contributed by atoms with Crippen molar-refractivity contribution in [2.24, 2.45) is 0 Å². The second-order valence-corrected chi connectivity index (χ2v) is 5.99. The molecule has 0 spiro atoms. The SMILES string of the molecule is Nc1ccc(I)cc1-c1nnc2ccc(Br)cn12. The van der Waals surface area contributed by atoms with Crippen LogP contribution in [0.1, 0.15) is 0 Å². The Labute approximate surface area is 125 Å². The first-order valence-electron chi connectivity index (χ1n) is 5.21. The van der Waals surface area contributed by atoms with Crippen molar-refractivity contribution in [3.05, 3.63) is 44.6 Å². The van der Waals surface area contributed by atoms with Gasteiger partial charge < -0.3 is 5.73 Å². The van der Waals surface area contributed by atoms with Crippen LogP contribution in [0, 0.1) is 3.57 Å². The predicted octanol–water partition coefficient (Wildman–Crippen LogP) is 3.35. The molecule has 2 N–H and O–H groups in total. The molecule has 0 radical (unpaired) electrons. The summed E-state index contributed by atoms with van der Waals surface area (Å²) in [5.74, 6) is 0.752. The Bertz CT molecular complexity index is 738. The van der Waals surface area contributed by atoms with Crippen LogP contribution < -0.4 is 5.73 Å². The maximum atomic E-state index is 6.01. The zero-order chi connectivity index (χ0) is 12.7. The van der Waals surface area contributed by atoms with Crippen molar-refractivity contribution in [3.63, 3.8) is 0 Å². The lowest BCUT2D eigenvalue weighted by molar-refractivity contribution is 1.11. The van der Waals surface area contributed by atoms with Crippen LogP contribution in [0.5, 0.6) is 0 Å². The first-order chi connectivity index (χ1) is 8.65. The Balaban J connectivity index is 2.31. The number of halogens is 2. The fourth-order valence-electron chi connectivity index (χ4n) is 1.77. The molecule has 4 nitrogen and oxygen atoms in total. The lowest BCUT2D eigenvalue weighted by Gasteiger charge is -2.05. The van der Waals surface area contributed by atoms with Gasteiger partial charge in [0.2, 0.25) is 0 Å². The van der Waals surface area contributed by atoms with Crippen molar-refractivity contribution in [2.45, 2.75) is 0 Å². The number of nitrogens with zero attached hydrogens (tertiary/aromatic N) is 3. The summed E-state index contributed by atoms with van der Waals surface area (Å²) in [5.41, 5.74) is 8.41. The first-order valence-corrected chi connectivity index (χ1v) is 7.08. The van der Waals surface area contributed by atoms with E-state index in [1.54, 1.807) is 0 Å². The number of aromatic nitrogens is 3. The van der Waals surface area contributed by atoms with Crippen LogP contribution >= 0.6 is 38.5 Å². The maximum absolute atomic E-state index is 6.01. The van der Waals surface area contributed by atoms with Crippen LogP contribution in [-0.4, -0.2) is 14.6 Å². The van der Waals surface area contributed by atoms with Gasteiger partial charge >= 0.3 is 0 Å². The summed E-state index contributed by atoms with van der Waals surface area (Å²) in [6.45, 7) is 0. The molecule has 0 aliphatic rings. The van der Waals surface area contributed by atoms with E-state index in [1.165, 1.54) is 0 Å². The number of fused-ring (bicyclic) bond motifs is 1. The van der Waals surface area contributed by atoms with Crippen LogP contribution in [0.15, 0.2) is 41.0 Å². The highest BCUT2D eigenvalue weighted by Gasteiger charge is 2.11. The zero-order valence-electron chi connectivity index (χ0n) is 9.14. The molecule has 0 atom stereocenters. The van der Waals surface area contributed by atoms with E-state index < -0.39 is 0 Å². The Hall–Kier alpha value is -1.15. The highest BCUT2D eigenvalue weighted by atomic mass is 127. The summed E-state index contributed by atoms with van der Waals surface area (Å²) in [7, 11) is 0. The molecule has 3 aromatic rings. The molecule has 0 saturated heterocycles. The van der Waals surface area contributed by atoms with Gasteiger partial charge in [0, 0.05) is 25.5 Å². The minimum absolute atomic E-state index is 0.699. The molecule has 1 aromatic carbocycles. The lowest BCUT2D eigenvalue weighted by Crippen LogP contribution is -1.95. The van der Waals surface area contributed by atoms with E-state index in [2.05, 4.69) is 48.7 Å². The van der Waals surface area contributed by atoms with Gasteiger partial charge in [-0.05, 0) is 68.9 Å². The number of nitrogens with two attached hydrogens (primary N) is 1. The van der Waals surface area contributed by atoms with Crippen molar-refractivity contribution >= 4 is 49.9 Å². The van der Waals surface area contributed by atoms with Crippen LogP contribution in [-0.2, 0) is 0 Å². The first kappa shape index (κ1) is 11.9. The molecule has 0 saturated carbocycles. The van der Waals surface area contributed by atoms with Gasteiger partial charge in [-0.2, -0.15) is 0 Å². The number of pyridine rings is 1. The molecule has 6 heteroatoms. The van der Waals surface area contributed by atoms with E-state index in [0.717, 1.165) is 25.1 Å². The summed E-state index contributed by atoms with van der Waals surface area (Å²) in [5, 5.41) is 8.36. The van der Waals surface area contributed by atoms with Crippen LogP contribution in [0.4, 0.5) is 5.69 Å². The Morgan fingerprint density at radius 2 is 2.00 bits per heavy atom. The number of hydrogen-bond donors (Lipinski definition) is 1. The number of rotatable bonds is 1. The summed E-state index contributed by atoms with van der Waals surface area (Å²) in [4.78, 5) is 0. The predicted molar refractivity (Wildman–Crippen MR) is 83.3 cm³/mol. The largest absolute Gasteiger partial charge is 0.398 e. The third-order valence-corrected chi connectivity index (χ3v) is 3.76. The summed E-state index contributed by atoms with van der Waals surface area (Å²) in [6, 6.07) is 9.71. The molecule has 0 fully saturated rings. The topological polar surface area (TPSA) is 56.2 Å². The molecule has 90 valence electrons. The van der Waals surface area contributed by atoms with Crippen molar-refractivity contribution < 1.29 is 0 Å². The normalized spacial score (nSPS) is 11.0. The smallest absolute Gasteiger partial charge is 0.170 e. The van der Waals surface area contributed by atoms with Crippen molar-refractivity contribution in [3.8, 4) is 11.4 Å². The number of hydrogen-bond acceptors (Lipinski definition) is 3. The number of anilines is 1. The van der Waals surface area contributed by atoms with Gasteiger partial charge in [0.1, 0.15) is 0 Å². The molecule has 18 heavy (non-hydrogen) atoms. The Kier molecular flexibility index (Phi) is 2.98. The van der Waals surface area contributed by atoms with Crippen molar-refractivity contribution in [1.29, 1.82) is 0 Å². The van der Waals surface area contributed by atoms with Gasteiger partial charge in [-0.15, -0.1) is 10.2 Å². The summed E-state index contributed by atoms with van der Waals surface area (Å²) < 4.78 is 4.01. The molecule has 2 heterocycles. The monoisotopic (exact) mass is 414 g/mol. The van der Waals surface area contributed by atoms with Crippen molar-refractivity contribution in [2.75, 3.05) is 5.73 Å². The highest BCUT2D eigenvalue weighted by molar-refractivity contribution is 14.1. The van der Waals surface area contributed by atoms with Crippen LogP contribution in [0.25, 0.3) is 17.0 Å². The van der Waals surface area contributed by atoms with Gasteiger partial charge in [-0.25, -0.2) is 0 Å². The Morgan fingerprint density at radius 1 is 1.17 bits per heavy atom. The van der Waals surface area contributed by atoms with Crippen molar-refractivity contribution in [1.82, 2.24) is 14.6 Å². The van der Waals surface area contributed by atoms with Gasteiger partial charge in [0.05, 0.1) is 0 Å². The van der Waals surface area contributed by atoms with Crippen LogP contribution in [0.2, 0.25) is 0 Å². The second kappa shape index (κ2) is 4.51. The summed E-state index contributed by atoms with van der Waals surface area (Å²) >= 11 is 5.70.